The van der Waals surface area contributed by atoms with E-state index in [0.29, 0.717) is 23.6 Å². The van der Waals surface area contributed by atoms with Crippen molar-refractivity contribution in [2.75, 3.05) is 14.2 Å². The molecular formula is C19H19N3O3. The zero-order chi connectivity index (χ0) is 18.2. The van der Waals surface area contributed by atoms with Crippen LogP contribution in [0.25, 0.3) is 6.08 Å². The normalized spacial score (nSPS) is 10.7. The summed E-state index contributed by atoms with van der Waals surface area (Å²) >= 11 is 0. The lowest BCUT2D eigenvalue weighted by Crippen LogP contribution is -2.23. The number of aromatic nitrogens is 1. The first kappa shape index (κ1) is 18.0. The van der Waals surface area contributed by atoms with E-state index in [2.05, 4.69) is 10.3 Å². The van der Waals surface area contributed by atoms with Crippen LogP contribution in [-0.4, -0.2) is 25.1 Å². The Bertz CT molecular complexity index is 824. The van der Waals surface area contributed by atoms with Gasteiger partial charge in [0.25, 0.3) is 5.91 Å². The summed E-state index contributed by atoms with van der Waals surface area (Å²) in [5.74, 6) is 0.760. The number of methoxy groups -OCH3 is 2. The van der Waals surface area contributed by atoms with Crippen LogP contribution >= 0.6 is 0 Å². The van der Waals surface area contributed by atoms with E-state index in [9.17, 15) is 10.1 Å². The molecule has 1 aromatic heterocycles. The first-order valence-electron chi connectivity index (χ1n) is 7.60. The Balaban J connectivity index is 2.24. The third kappa shape index (κ3) is 4.58. The van der Waals surface area contributed by atoms with E-state index in [4.69, 9.17) is 9.47 Å². The van der Waals surface area contributed by atoms with Crippen LogP contribution < -0.4 is 14.8 Å². The summed E-state index contributed by atoms with van der Waals surface area (Å²) < 4.78 is 10.6. The van der Waals surface area contributed by atoms with Crippen LogP contribution in [0, 0.1) is 18.3 Å². The molecule has 2 aromatic rings. The van der Waals surface area contributed by atoms with Crippen LogP contribution in [0.15, 0.2) is 42.2 Å². The minimum Gasteiger partial charge on any atom is -0.496 e. The van der Waals surface area contributed by atoms with Gasteiger partial charge in [-0.1, -0.05) is 0 Å². The number of nitrogens with zero attached hydrogens (tertiary/aromatic N) is 2. The van der Waals surface area contributed by atoms with Crippen molar-refractivity contribution >= 4 is 12.0 Å². The number of rotatable bonds is 6. The number of hydrogen-bond donors (Lipinski definition) is 1. The first-order chi connectivity index (χ1) is 12.1. The fraction of sp³-hybridized carbons (Fsp3) is 0.211. The van der Waals surface area contributed by atoms with E-state index in [1.165, 1.54) is 13.2 Å². The number of ether oxygens (including phenoxy) is 2. The molecule has 25 heavy (non-hydrogen) atoms. The van der Waals surface area contributed by atoms with Crippen LogP contribution in [0.1, 0.15) is 16.7 Å². The lowest BCUT2D eigenvalue weighted by molar-refractivity contribution is -0.117. The third-order valence-electron chi connectivity index (χ3n) is 3.61. The highest BCUT2D eigenvalue weighted by Gasteiger charge is 2.12. The summed E-state index contributed by atoms with van der Waals surface area (Å²) in [5.41, 5.74) is 2.38. The summed E-state index contributed by atoms with van der Waals surface area (Å²) in [6.07, 6.45) is 4.78. The molecule has 0 radical (unpaired) electrons. The van der Waals surface area contributed by atoms with Crippen molar-refractivity contribution in [1.82, 2.24) is 10.3 Å². The highest BCUT2D eigenvalue weighted by molar-refractivity contribution is 6.02. The molecule has 1 aromatic carbocycles. The second-order valence-electron chi connectivity index (χ2n) is 5.27. The summed E-state index contributed by atoms with van der Waals surface area (Å²) in [5, 5.41) is 12.1. The Kier molecular flexibility index (Phi) is 6.13. The molecular weight excluding hydrogens is 318 g/mol. The zero-order valence-corrected chi connectivity index (χ0v) is 14.4. The molecule has 6 nitrogen and oxygen atoms in total. The van der Waals surface area contributed by atoms with Crippen molar-refractivity contribution in [3.05, 3.63) is 58.9 Å². The topological polar surface area (TPSA) is 84.2 Å². The van der Waals surface area contributed by atoms with Crippen molar-refractivity contribution in [1.29, 1.82) is 5.26 Å². The molecule has 0 unspecified atom stereocenters. The van der Waals surface area contributed by atoms with Gasteiger partial charge in [-0.25, -0.2) is 0 Å². The molecule has 2 rings (SSSR count). The molecule has 1 amide bonds. The van der Waals surface area contributed by atoms with E-state index in [0.717, 1.165) is 11.1 Å². The van der Waals surface area contributed by atoms with E-state index in [-0.39, 0.29) is 5.57 Å². The fourth-order valence-electron chi connectivity index (χ4n) is 2.27. The van der Waals surface area contributed by atoms with Crippen molar-refractivity contribution in [3.63, 3.8) is 0 Å². The highest BCUT2D eigenvalue weighted by atomic mass is 16.5. The Morgan fingerprint density at radius 3 is 2.52 bits per heavy atom. The van der Waals surface area contributed by atoms with Crippen LogP contribution in [0.3, 0.4) is 0 Å². The monoisotopic (exact) mass is 337 g/mol. The maximum Gasteiger partial charge on any atom is 0.262 e. The molecule has 0 saturated carbocycles. The van der Waals surface area contributed by atoms with Gasteiger partial charge in [-0.2, -0.15) is 5.26 Å². The van der Waals surface area contributed by atoms with Crippen molar-refractivity contribution in [2.45, 2.75) is 13.5 Å². The van der Waals surface area contributed by atoms with Crippen LogP contribution in [0.5, 0.6) is 11.5 Å². The molecule has 0 atom stereocenters. The second kappa shape index (κ2) is 8.50. The molecule has 1 N–H and O–H groups in total. The number of carbonyl (C=O) groups excluding carboxylic acids is 1. The van der Waals surface area contributed by atoms with Gasteiger partial charge in [-0.3, -0.25) is 9.78 Å². The lowest BCUT2D eigenvalue weighted by atomic mass is 10.1. The molecule has 1 heterocycles. The number of pyridine rings is 1. The molecule has 0 aliphatic rings. The van der Waals surface area contributed by atoms with Gasteiger partial charge >= 0.3 is 0 Å². The number of aryl methyl sites for hydroxylation is 1. The number of carbonyl (C=O) groups is 1. The molecule has 0 spiro atoms. The molecule has 0 bridgehead atoms. The predicted octanol–water partition coefficient (Wildman–Crippen LogP) is 2.63. The van der Waals surface area contributed by atoms with Gasteiger partial charge in [-0.15, -0.1) is 0 Å². The summed E-state index contributed by atoms with van der Waals surface area (Å²) in [7, 11) is 3.10. The van der Waals surface area contributed by atoms with Gasteiger partial charge in [-0.05, 0) is 48.4 Å². The summed E-state index contributed by atoms with van der Waals surface area (Å²) in [4.78, 5) is 16.2. The SMILES string of the molecule is COc1cc(/C=C(\C#N)C(=O)NCc2ccncc2)c(OC)cc1C. The van der Waals surface area contributed by atoms with Gasteiger partial charge in [0.05, 0.1) is 14.2 Å². The Labute approximate surface area is 146 Å². The van der Waals surface area contributed by atoms with Gasteiger partial charge in [0.1, 0.15) is 23.1 Å². The smallest absolute Gasteiger partial charge is 0.262 e. The standard InChI is InChI=1S/C19H19N3O3/c1-13-8-18(25-3)15(10-17(13)24-2)9-16(11-20)19(23)22-12-14-4-6-21-7-5-14/h4-10H,12H2,1-3H3,(H,22,23)/b16-9+. The van der Waals surface area contributed by atoms with E-state index in [1.54, 1.807) is 43.8 Å². The first-order valence-corrected chi connectivity index (χ1v) is 7.60. The van der Waals surface area contributed by atoms with E-state index < -0.39 is 5.91 Å². The maximum atomic E-state index is 12.3. The van der Waals surface area contributed by atoms with Gasteiger partial charge in [0.15, 0.2) is 0 Å². The number of benzene rings is 1. The van der Waals surface area contributed by atoms with Crippen LogP contribution in [0.2, 0.25) is 0 Å². The van der Waals surface area contributed by atoms with Crippen molar-refractivity contribution in [2.24, 2.45) is 0 Å². The fourth-order valence-corrected chi connectivity index (χ4v) is 2.27. The van der Waals surface area contributed by atoms with Crippen LogP contribution in [-0.2, 0) is 11.3 Å². The lowest BCUT2D eigenvalue weighted by Gasteiger charge is -2.11. The maximum absolute atomic E-state index is 12.3. The number of hydrogen-bond acceptors (Lipinski definition) is 5. The Hall–Kier alpha value is -3.33. The molecule has 0 saturated heterocycles. The van der Waals surface area contributed by atoms with Crippen molar-refractivity contribution in [3.8, 4) is 17.6 Å². The average molecular weight is 337 g/mol. The average Bonchev–Trinajstić information content (AvgIpc) is 2.65. The minimum absolute atomic E-state index is 0.0155. The predicted molar refractivity (Wildman–Crippen MR) is 94.0 cm³/mol. The molecule has 6 heteroatoms. The number of nitrogens with one attached hydrogen (secondary N) is 1. The van der Waals surface area contributed by atoms with Crippen LogP contribution in [0.4, 0.5) is 0 Å². The Morgan fingerprint density at radius 1 is 1.24 bits per heavy atom. The second-order valence-corrected chi connectivity index (χ2v) is 5.27. The minimum atomic E-state index is -0.457. The van der Waals surface area contributed by atoms with Gasteiger partial charge in [0, 0.05) is 24.5 Å². The Morgan fingerprint density at radius 2 is 1.92 bits per heavy atom. The summed E-state index contributed by atoms with van der Waals surface area (Å²) in [6.45, 7) is 2.20. The third-order valence-corrected chi connectivity index (χ3v) is 3.61. The number of amides is 1. The molecule has 0 fully saturated rings. The summed E-state index contributed by atoms with van der Waals surface area (Å²) in [6, 6.07) is 9.06. The van der Waals surface area contributed by atoms with Crippen molar-refractivity contribution < 1.29 is 14.3 Å². The molecule has 128 valence electrons. The van der Waals surface area contributed by atoms with E-state index in [1.807, 2.05) is 13.0 Å². The largest absolute Gasteiger partial charge is 0.496 e. The van der Waals surface area contributed by atoms with Gasteiger partial charge in [0.2, 0.25) is 0 Å². The van der Waals surface area contributed by atoms with E-state index >= 15 is 0 Å². The highest BCUT2D eigenvalue weighted by Crippen LogP contribution is 2.29. The number of nitriles is 1. The molecule has 0 aliphatic carbocycles. The zero-order valence-electron chi connectivity index (χ0n) is 14.4. The van der Waals surface area contributed by atoms with Gasteiger partial charge < -0.3 is 14.8 Å². The quantitative estimate of drug-likeness (QED) is 0.647. The molecule has 0 aliphatic heterocycles.